The highest BCUT2D eigenvalue weighted by Crippen LogP contribution is 1.98. The van der Waals surface area contributed by atoms with Gasteiger partial charge in [-0.05, 0) is 19.3 Å². The molecule has 0 aromatic rings. The summed E-state index contributed by atoms with van der Waals surface area (Å²) in [7, 11) is 0. The fourth-order valence-corrected chi connectivity index (χ4v) is 1.39. The predicted octanol–water partition coefficient (Wildman–Crippen LogP) is 3.53. The van der Waals surface area contributed by atoms with Crippen molar-refractivity contribution in [2.24, 2.45) is 0 Å². The van der Waals surface area contributed by atoms with E-state index in [9.17, 15) is 10.2 Å². The number of aliphatic hydroxyl groups is 2. The zero-order chi connectivity index (χ0) is 13.6. The molecule has 102 valence electrons. The second-order valence-corrected chi connectivity index (χ2v) is 4.19. The Hall–Kier alpha value is -1.12. The van der Waals surface area contributed by atoms with Crippen LogP contribution in [0.25, 0.3) is 0 Å². The van der Waals surface area contributed by atoms with Crippen LogP contribution in [0, 0.1) is 0 Å². The molecule has 0 unspecified atom stereocenters. The fraction of sp³-hybridized carbons (Fsp3) is 0.500. The van der Waals surface area contributed by atoms with Crippen molar-refractivity contribution in [2.45, 2.75) is 51.7 Å². The van der Waals surface area contributed by atoms with Crippen LogP contribution in [0.4, 0.5) is 0 Å². The van der Waals surface area contributed by atoms with Crippen LogP contribution >= 0.6 is 0 Å². The molecule has 0 saturated carbocycles. The lowest BCUT2D eigenvalue weighted by molar-refractivity contribution is 0.211. The molecule has 0 saturated heterocycles. The highest BCUT2D eigenvalue weighted by Gasteiger charge is 1.93. The van der Waals surface area contributed by atoms with Gasteiger partial charge in [-0.15, -0.1) is 0 Å². The van der Waals surface area contributed by atoms with Gasteiger partial charge in [-0.1, -0.05) is 68.9 Å². The maximum atomic E-state index is 9.56. The molecule has 0 aliphatic carbocycles. The van der Waals surface area contributed by atoms with Crippen molar-refractivity contribution in [3.8, 4) is 0 Å². The van der Waals surface area contributed by atoms with Crippen molar-refractivity contribution in [2.75, 3.05) is 0 Å². The van der Waals surface area contributed by atoms with Gasteiger partial charge in [0.15, 0.2) is 0 Å². The van der Waals surface area contributed by atoms with Crippen molar-refractivity contribution < 1.29 is 10.2 Å². The lowest BCUT2D eigenvalue weighted by Crippen LogP contribution is -1.99. The molecule has 0 amide bonds. The van der Waals surface area contributed by atoms with E-state index in [0.29, 0.717) is 6.42 Å². The maximum Gasteiger partial charge on any atom is 0.0758 e. The average Bonchev–Trinajstić information content (AvgIpc) is 2.34. The summed E-state index contributed by atoms with van der Waals surface area (Å²) in [6.45, 7) is 4.12. The van der Waals surface area contributed by atoms with Gasteiger partial charge in [0.1, 0.15) is 0 Å². The van der Waals surface area contributed by atoms with Crippen LogP contribution in [0.15, 0.2) is 48.6 Å². The lowest BCUT2D eigenvalue weighted by Gasteiger charge is -1.99. The van der Waals surface area contributed by atoms with Crippen molar-refractivity contribution in [3.63, 3.8) is 0 Å². The van der Waals surface area contributed by atoms with E-state index in [2.05, 4.69) is 6.92 Å². The molecule has 0 bridgehead atoms. The number of hydrogen-bond acceptors (Lipinski definition) is 2. The van der Waals surface area contributed by atoms with E-state index in [1.165, 1.54) is 0 Å². The molecule has 2 nitrogen and oxygen atoms in total. The van der Waals surface area contributed by atoms with E-state index in [4.69, 9.17) is 0 Å². The molecule has 0 rings (SSSR count). The van der Waals surface area contributed by atoms with Gasteiger partial charge >= 0.3 is 0 Å². The van der Waals surface area contributed by atoms with E-state index in [0.717, 1.165) is 19.3 Å². The van der Waals surface area contributed by atoms with Crippen LogP contribution in [0.3, 0.4) is 0 Å². The van der Waals surface area contributed by atoms with Crippen molar-refractivity contribution in [3.05, 3.63) is 48.6 Å². The Labute approximate surface area is 111 Å². The van der Waals surface area contributed by atoms with Gasteiger partial charge < -0.3 is 10.2 Å². The Bertz CT molecular complexity index is 287. The highest BCUT2D eigenvalue weighted by molar-refractivity contribution is 5.13. The zero-order valence-electron chi connectivity index (χ0n) is 11.5. The van der Waals surface area contributed by atoms with Crippen molar-refractivity contribution in [1.29, 1.82) is 0 Å². The number of aliphatic hydroxyl groups excluding tert-OH is 2. The smallest absolute Gasteiger partial charge is 0.0758 e. The van der Waals surface area contributed by atoms with Gasteiger partial charge in [0.2, 0.25) is 0 Å². The summed E-state index contributed by atoms with van der Waals surface area (Å²) in [5, 5.41) is 19.0. The molecule has 0 aliphatic rings. The molecule has 18 heavy (non-hydrogen) atoms. The topological polar surface area (TPSA) is 40.5 Å². The van der Waals surface area contributed by atoms with Gasteiger partial charge in [-0.25, -0.2) is 0 Å². The Morgan fingerprint density at radius 3 is 2.00 bits per heavy atom. The van der Waals surface area contributed by atoms with E-state index in [1.54, 1.807) is 12.2 Å². The Morgan fingerprint density at radius 1 is 0.833 bits per heavy atom. The van der Waals surface area contributed by atoms with Crippen LogP contribution in [0.5, 0.6) is 0 Å². The first-order valence-corrected chi connectivity index (χ1v) is 6.73. The summed E-state index contributed by atoms with van der Waals surface area (Å²) in [6.07, 6.45) is 17.6. The third kappa shape index (κ3) is 11.4. The molecular formula is C16H26O2. The van der Waals surface area contributed by atoms with Crippen LogP contribution in [0.1, 0.15) is 39.5 Å². The van der Waals surface area contributed by atoms with Gasteiger partial charge in [0.05, 0.1) is 12.2 Å². The van der Waals surface area contributed by atoms with Crippen LogP contribution < -0.4 is 0 Å². The third-order valence-electron chi connectivity index (χ3n) is 2.36. The Kier molecular flexibility index (Phi) is 11.6. The van der Waals surface area contributed by atoms with Crippen LogP contribution in [0.2, 0.25) is 0 Å². The summed E-state index contributed by atoms with van der Waals surface area (Å²) in [6, 6.07) is 0. The molecule has 0 fully saturated rings. The minimum absolute atomic E-state index is 0.353. The van der Waals surface area contributed by atoms with E-state index in [1.807, 2.05) is 43.4 Å². The first-order chi connectivity index (χ1) is 8.70. The minimum atomic E-state index is -0.424. The van der Waals surface area contributed by atoms with Gasteiger partial charge in [0, 0.05) is 0 Å². The summed E-state index contributed by atoms with van der Waals surface area (Å²) < 4.78 is 0. The monoisotopic (exact) mass is 250 g/mol. The number of hydrogen-bond donors (Lipinski definition) is 2. The van der Waals surface area contributed by atoms with Crippen LogP contribution in [-0.2, 0) is 0 Å². The molecule has 2 atom stereocenters. The molecule has 0 aromatic carbocycles. The normalized spacial score (nSPS) is 16.4. The van der Waals surface area contributed by atoms with Crippen LogP contribution in [-0.4, -0.2) is 22.4 Å². The Morgan fingerprint density at radius 2 is 1.44 bits per heavy atom. The Balaban J connectivity index is 3.82. The second kappa shape index (κ2) is 12.3. The van der Waals surface area contributed by atoms with Gasteiger partial charge in [0.25, 0.3) is 0 Å². The average molecular weight is 250 g/mol. The molecule has 2 heteroatoms. The first-order valence-electron chi connectivity index (χ1n) is 6.73. The van der Waals surface area contributed by atoms with E-state index in [-0.39, 0.29) is 6.10 Å². The van der Waals surface area contributed by atoms with Crippen molar-refractivity contribution in [1.82, 2.24) is 0 Å². The number of allylic oxidation sites excluding steroid dienone is 5. The molecular weight excluding hydrogens is 224 g/mol. The summed E-state index contributed by atoms with van der Waals surface area (Å²) in [4.78, 5) is 0. The fourth-order valence-electron chi connectivity index (χ4n) is 1.39. The SMILES string of the molecule is CC/C=C\C[C@H](O)\C=C/C=C/C=C/[C@H](O)CCC. The molecule has 0 heterocycles. The van der Waals surface area contributed by atoms with E-state index < -0.39 is 6.10 Å². The molecule has 0 radical (unpaired) electrons. The first kappa shape index (κ1) is 16.9. The predicted molar refractivity (Wildman–Crippen MR) is 78.4 cm³/mol. The number of rotatable bonds is 9. The molecule has 0 aromatic heterocycles. The van der Waals surface area contributed by atoms with Gasteiger partial charge in [-0.3, -0.25) is 0 Å². The third-order valence-corrected chi connectivity index (χ3v) is 2.36. The summed E-state index contributed by atoms with van der Waals surface area (Å²) >= 11 is 0. The van der Waals surface area contributed by atoms with Gasteiger partial charge in [-0.2, -0.15) is 0 Å². The highest BCUT2D eigenvalue weighted by atomic mass is 16.3. The van der Waals surface area contributed by atoms with E-state index >= 15 is 0 Å². The minimum Gasteiger partial charge on any atom is -0.389 e. The zero-order valence-corrected chi connectivity index (χ0v) is 11.5. The van der Waals surface area contributed by atoms with Crippen molar-refractivity contribution >= 4 is 0 Å². The summed E-state index contributed by atoms with van der Waals surface area (Å²) in [5.74, 6) is 0. The largest absolute Gasteiger partial charge is 0.389 e. The second-order valence-electron chi connectivity index (χ2n) is 4.19. The quantitative estimate of drug-likeness (QED) is 0.485. The standard InChI is InChI=1S/C16H26O2/c1-3-5-8-12-16(18)14-10-7-6-9-13-15(17)11-4-2/h5-10,13-18H,3-4,11-12H2,1-2H3/b7-6+,8-5-,13-9+,14-10-/t15-,16+/m1/s1. The summed E-state index contributed by atoms with van der Waals surface area (Å²) in [5.41, 5.74) is 0. The molecule has 2 N–H and O–H groups in total. The lowest BCUT2D eigenvalue weighted by atomic mass is 10.2. The maximum absolute atomic E-state index is 9.56. The molecule has 0 spiro atoms. The molecule has 0 aliphatic heterocycles.